The molecule has 0 bridgehead atoms. The van der Waals surface area contributed by atoms with Crippen LogP contribution in [0.5, 0.6) is 0 Å². The molecule has 2 heteroatoms. The van der Waals surface area contributed by atoms with Crippen LogP contribution in [-0.2, 0) is 6.54 Å². The number of thioether (sulfide) groups is 1. The molecule has 2 rings (SSSR count). The molecule has 2 aromatic rings. The summed E-state index contributed by atoms with van der Waals surface area (Å²) >= 11 is 1.90. The fourth-order valence-corrected chi connectivity index (χ4v) is 2.22. The summed E-state index contributed by atoms with van der Waals surface area (Å²) in [6.45, 7) is 4.26. The van der Waals surface area contributed by atoms with Crippen LogP contribution in [0.2, 0.25) is 0 Å². The minimum Gasteiger partial charge on any atom is -0.312 e. The average molecular weight is 245 g/mol. The number of hydrogen-bond acceptors (Lipinski definition) is 2. The molecular formula is C15H19NS. The Balaban J connectivity index is 2.08. The van der Waals surface area contributed by atoms with Crippen LogP contribution in [-0.4, -0.2) is 18.1 Å². The quantitative estimate of drug-likeness (QED) is 0.862. The standard InChI is InChI=1S/C15H19NS/c1-12(17-2)10-16-11-14-8-5-7-13-6-3-4-9-15(13)14/h3-9,12,16H,10-11H2,1-2H3. The topological polar surface area (TPSA) is 12.0 Å². The fraction of sp³-hybridized carbons (Fsp3) is 0.333. The summed E-state index contributed by atoms with van der Waals surface area (Å²) in [5.41, 5.74) is 1.39. The highest BCUT2D eigenvalue weighted by Gasteiger charge is 2.01. The molecule has 0 aliphatic carbocycles. The van der Waals surface area contributed by atoms with Crippen molar-refractivity contribution in [3.05, 3.63) is 48.0 Å². The summed E-state index contributed by atoms with van der Waals surface area (Å²) in [5.74, 6) is 0. The van der Waals surface area contributed by atoms with Crippen LogP contribution in [0.3, 0.4) is 0 Å². The fourth-order valence-electron chi connectivity index (χ4n) is 1.94. The zero-order valence-corrected chi connectivity index (χ0v) is 11.3. The molecule has 1 nitrogen and oxygen atoms in total. The minimum absolute atomic E-state index is 0.671. The maximum absolute atomic E-state index is 3.52. The van der Waals surface area contributed by atoms with Crippen molar-refractivity contribution >= 4 is 22.5 Å². The van der Waals surface area contributed by atoms with E-state index in [1.54, 1.807) is 0 Å². The van der Waals surface area contributed by atoms with Crippen molar-refractivity contribution in [1.82, 2.24) is 5.32 Å². The van der Waals surface area contributed by atoms with Crippen LogP contribution in [0.25, 0.3) is 10.8 Å². The first-order valence-corrected chi connectivity index (χ1v) is 7.30. The molecule has 0 saturated carbocycles. The van der Waals surface area contributed by atoms with Crippen molar-refractivity contribution in [3.63, 3.8) is 0 Å². The van der Waals surface area contributed by atoms with Gasteiger partial charge >= 0.3 is 0 Å². The van der Waals surface area contributed by atoms with Gasteiger partial charge in [0, 0.05) is 18.3 Å². The van der Waals surface area contributed by atoms with Crippen molar-refractivity contribution in [3.8, 4) is 0 Å². The summed E-state index contributed by atoms with van der Waals surface area (Å²) in [6, 6.07) is 15.1. The molecule has 1 atom stereocenters. The second kappa shape index (κ2) is 6.08. The van der Waals surface area contributed by atoms with E-state index in [1.807, 2.05) is 11.8 Å². The minimum atomic E-state index is 0.671. The summed E-state index contributed by atoms with van der Waals surface area (Å²) in [5, 5.41) is 6.88. The van der Waals surface area contributed by atoms with Crippen LogP contribution < -0.4 is 5.32 Å². The Morgan fingerprint density at radius 2 is 1.88 bits per heavy atom. The first kappa shape index (κ1) is 12.5. The highest BCUT2D eigenvalue weighted by molar-refractivity contribution is 7.99. The van der Waals surface area contributed by atoms with Gasteiger partial charge in [0.05, 0.1) is 0 Å². The van der Waals surface area contributed by atoms with Gasteiger partial charge in [-0.15, -0.1) is 0 Å². The van der Waals surface area contributed by atoms with E-state index in [0.29, 0.717) is 5.25 Å². The predicted molar refractivity (Wildman–Crippen MR) is 78.6 cm³/mol. The van der Waals surface area contributed by atoms with E-state index in [2.05, 4.69) is 61.0 Å². The van der Waals surface area contributed by atoms with Gasteiger partial charge in [0.15, 0.2) is 0 Å². The van der Waals surface area contributed by atoms with Gasteiger partial charge in [-0.1, -0.05) is 49.4 Å². The first-order valence-electron chi connectivity index (χ1n) is 6.01. The Morgan fingerprint density at radius 3 is 2.71 bits per heavy atom. The van der Waals surface area contributed by atoms with Gasteiger partial charge in [-0.05, 0) is 22.6 Å². The average Bonchev–Trinajstić information content (AvgIpc) is 2.39. The second-order valence-electron chi connectivity index (χ2n) is 4.32. The summed E-state index contributed by atoms with van der Waals surface area (Å²) in [4.78, 5) is 0. The number of nitrogens with one attached hydrogen (secondary N) is 1. The highest BCUT2D eigenvalue weighted by atomic mass is 32.2. The van der Waals surface area contributed by atoms with Gasteiger partial charge in [0.2, 0.25) is 0 Å². The number of benzene rings is 2. The van der Waals surface area contributed by atoms with Crippen LogP contribution in [0, 0.1) is 0 Å². The molecule has 0 radical (unpaired) electrons. The van der Waals surface area contributed by atoms with E-state index in [4.69, 9.17) is 0 Å². The SMILES string of the molecule is CSC(C)CNCc1cccc2ccccc12. The molecule has 0 aromatic heterocycles. The van der Waals surface area contributed by atoms with Gasteiger partial charge in [-0.25, -0.2) is 0 Å². The van der Waals surface area contributed by atoms with Gasteiger partial charge < -0.3 is 5.32 Å². The largest absolute Gasteiger partial charge is 0.312 e. The summed E-state index contributed by atoms with van der Waals surface area (Å²) in [7, 11) is 0. The monoisotopic (exact) mass is 245 g/mol. The molecule has 0 saturated heterocycles. The van der Waals surface area contributed by atoms with E-state index in [-0.39, 0.29) is 0 Å². The molecule has 0 aliphatic rings. The third kappa shape index (κ3) is 3.24. The summed E-state index contributed by atoms with van der Waals surface area (Å²) < 4.78 is 0. The maximum atomic E-state index is 3.52. The lowest BCUT2D eigenvalue weighted by Crippen LogP contribution is -2.22. The Hall–Kier alpha value is -0.990. The molecule has 0 aliphatic heterocycles. The predicted octanol–water partition coefficient (Wildman–Crippen LogP) is 3.68. The molecular weight excluding hydrogens is 226 g/mol. The Bertz CT molecular complexity index is 476. The lowest BCUT2D eigenvalue weighted by atomic mass is 10.0. The molecule has 0 fully saturated rings. The third-order valence-corrected chi connectivity index (χ3v) is 4.00. The van der Waals surface area contributed by atoms with Crippen molar-refractivity contribution in [2.45, 2.75) is 18.7 Å². The lowest BCUT2D eigenvalue weighted by molar-refractivity contribution is 0.687. The zero-order valence-electron chi connectivity index (χ0n) is 10.4. The Labute approximate surface area is 108 Å². The second-order valence-corrected chi connectivity index (χ2v) is 5.59. The van der Waals surface area contributed by atoms with Gasteiger partial charge in [-0.2, -0.15) is 11.8 Å². The van der Waals surface area contributed by atoms with Crippen LogP contribution in [0.15, 0.2) is 42.5 Å². The molecule has 17 heavy (non-hydrogen) atoms. The van der Waals surface area contributed by atoms with Crippen molar-refractivity contribution < 1.29 is 0 Å². The third-order valence-electron chi connectivity index (χ3n) is 3.03. The molecule has 90 valence electrons. The van der Waals surface area contributed by atoms with E-state index in [9.17, 15) is 0 Å². The zero-order chi connectivity index (χ0) is 12.1. The van der Waals surface area contributed by atoms with Gasteiger partial charge in [0.1, 0.15) is 0 Å². The van der Waals surface area contributed by atoms with Crippen molar-refractivity contribution in [2.75, 3.05) is 12.8 Å². The van der Waals surface area contributed by atoms with E-state index < -0.39 is 0 Å². The van der Waals surface area contributed by atoms with Crippen LogP contribution in [0.1, 0.15) is 12.5 Å². The molecule has 1 unspecified atom stereocenters. The van der Waals surface area contributed by atoms with E-state index in [1.165, 1.54) is 16.3 Å². The molecule has 0 amide bonds. The Morgan fingerprint density at radius 1 is 1.12 bits per heavy atom. The van der Waals surface area contributed by atoms with E-state index in [0.717, 1.165) is 13.1 Å². The van der Waals surface area contributed by atoms with Crippen molar-refractivity contribution in [1.29, 1.82) is 0 Å². The molecule has 0 spiro atoms. The molecule has 0 heterocycles. The van der Waals surface area contributed by atoms with Crippen LogP contribution >= 0.6 is 11.8 Å². The highest BCUT2D eigenvalue weighted by Crippen LogP contribution is 2.18. The van der Waals surface area contributed by atoms with Gasteiger partial charge in [0.25, 0.3) is 0 Å². The molecule has 2 aromatic carbocycles. The van der Waals surface area contributed by atoms with Crippen LogP contribution in [0.4, 0.5) is 0 Å². The number of fused-ring (bicyclic) bond motifs is 1. The van der Waals surface area contributed by atoms with Crippen molar-refractivity contribution in [2.24, 2.45) is 0 Å². The number of hydrogen-bond donors (Lipinski definition) is 1. The maximum Gasteiger partial charge on any atom is 0.0212 e. The van der Waals surface area contributed by atoms with Gasteiger partial charge in [-0.3, -0.25) is 0 Å². The lowest BCUT2D eigenvalue weighted by Gasteiger charge is -2.11. The summed E-state index contributed by atoms with van der Waals surface area (Å²) in [6.07, 6.45) is 2.16. The Kier molecular flexibility index (Phi) is 4.46. The number of rotatable bonds is 5. The first-order chi connectivity index (χ1) is 8.31. The molecule has 1 N–H and O–H groups in total. The van der Waals surface area contributed by atoms with E-state index >= 15 is 0 Å². The normalized spacial score (nSPS) is 12.8. The smallest absolute Gasteiger partial charge is 0.0212 e.